The summed E-state index contributed by atoms with van der Waals surface area (Å²) in [5.74, 6) is 2.96. The van der Waals surface area contributed by atoms with E-state index in [0.29, 0.717) is 44.5 Å². The fourth-order valence-electron chi connectivity index (χ4n) is 3.70. The zero-order chi connectivity index (χ0) is 19.6. The molecular weight excluding hydrogens is 356 g/mol. The molecule has 0 aromatic heterocycles. The van der Waals surface area contributed by atoms with E-state index in [2.05, 4.69) is 20.9 Å². The van der Waals surface area contributed by atoms with E-state index >= 15 is 0 Å². The maximum Gasteiger partial charge on any atom is 0.220 e. The van der Waals surface area contributed by atoms with Gasteiger partial charge in [-0.3, -0.25) is 9.79 Å². The van der Waals surface area contributed by atoms with Gasteiger partial charge in [-0.25, -0.2) is 0 Å². The first-order chi connectivity index (χ1) is 13.7. The van der Waals surface area contributed by atoms with Gasteiger partial charge < -0.3 is 25.4 Å². The molecule has 0 bridgehead atoms. The van der Waals surface area contributed by atoms with E-state index in [1.807, 2.05) is 24.3 Å². The van der Waals surface area contributed by atoms with Crippen LogP contribution in [0.5, 0.6) is 11.5 Å². The number of aliphatic imine (C=N–C) groups is 1. The Balaban J connectivity index is 1.29. The van der Waals surface area contributed by atoms with Crippen LogP contribution in [-0.2, 0) is 4.79 Å². The van der Waals surface area contributed by atoms with Crippen molar-refractivity contribution in [1.82, 2.24) is 16.0 Å². The molecule has 1 atom stereocenters. The van der Waals surface area contributed by atoms with Gasteiger partial charge in [-0.2, -0.15) is 0 Å². The summed E-state index contributed by atoms with van der Waals surface area (Å²) in [6.45, 7) is 2.30. The van der Waals surface area contributed by atoms with Gasteiger partial charge in [0.2, 0.25) is 5.91 Å². The lowest BCUT2D eigenvalue weighted by molar-refractivity contribution is -0.122. The number of carbonyl (C=O) groups is 1. The number of rotatable bonds is 7. The topological polar surface area (TPSA) is 84.0 Å². The Kier molecular flexibility index (Phi) is 7.82. The third-order valence-electron chi connectivity index (χ3n) is 5.23. The average molecular weight is 389 g/mol. The Bertz CT molecular complexity index is 659. The van der Waals surface area contributed by atoms with E-state index in [-0.39, 0.29) is 12.0 Å². The Labute approximate surface area is 167 Å². The van der Waals surface area contributed by atoms with Crippen molar-refractivity contribution >= 4 is 11.9 Å². The van der Waals surface area contributed by atoms with Crippen LogP contribution < -0.4 is 25.4 Å². The van der Waals surface area contributed by atoms with E-state index in [4.69, 9.17) is 9.47 Å². The van der Waals surface area contributed by atoms with Crippen LogP contribution in [0.1, 0.15) is 38.5 Å². The third-order valence-corrected chi connectivity index (χ3v) is 5.23. The first-order valence-corrected chi connectivity index (χ1v) is 10.3. The molecule has 7 heteroatoms. The maximum atomic E-state index is 12.0. The van der Waals surface area contributed by atoms with E-state index in [9.17, 15) is 4.79 Å². The fraction of sp³-hybridized carbons (Fsp3) is 0.619. The molecule has 1 amide bonds. The van der Waals surface area contributed by atoms with Crippen molar-refractivity contribution in [2.24, 2.45) is 10.9 Å². The molecule has 1 aliphatic heterocycles. The van der Waals surface area contributed by atoms with Crippen molar-refractivity contribution in [3.63, 3.8) is 0 Å². The molecule has 154 valence electrons. The lowest BCUT2D eigenvalue weighted by Gasteiger charge is -2.27. The molecule has 0 saturated heterocycles. The second-order valence-corrected chi connectivity index (χ2v) is 7.44. The second kappa shape index (κ2) is 10.8. The third kappa shape index (κ3) is 6.32. The van der Waals surface area contributed by atoms with Crippen LogP contribution in [0.25, 0.3) is 0 Å². The smallest absolute Gasteiger partial charge is 0.220 e. The second-order valence-electron chi connectivity index (χ2n) is 7.44. The number of para-hydroxylation sites is 2. The highest BCUT2D eigenvalue weighted by atomic mass is 16.6. The van der Waals surface area contributed by atoms with Crippen LogP contribution in [-0.4, -0.2) is 51.3 Å². The lowest BCUT2D eigenvalue weighted by atomic mass is 9.87. The van der Waals surface area contributed by atoms with Crippen LogP contribution in [0, 0.1) is 5.92 Å². The quantitative estimate of drug-likeness (QED) is 0.378. The number of nitrogens with one attached hydrogen (secondary N) is 3. The van der Waals surface area contributed by atoms with Gasteiger partial charge in [-0.05, 0) is 30.9 Å². The van der Waals surface area contributed by atoms with Crippen molar-refractivity contribution in [2.45, 2.75) is 44.6 Å². The van der Waals surface area contributed by atoms with Gasteiger partial charge in [-0.1, -0.05) is 31.4 Å². The number of ether oxygens (including phenoxy) is 2. The van der Waals surface area contributed by atoms with Gasteiger partial charge in [0.25, 0.3) is 0 Å². The summed E-state index contributed by atoms with van der Waals surface area (Å²) < 4.78 is 11.6. The van der Waals surface area contributed by atoms with Gasteiger partial charge in [0.1, 0.15) is 12.7 Å². The number of carbonyl (C=O) groups excluding carboxylic acids is 1. The normalized spacial score (nSPS) is 19.8. The zero-order valence-corrected chi connectivity index (χ0v) is 16.7. The molecule has 1 aromatic rings. The lowest BCUT2D eigenvalue weighted by Crippen LogP contribution is -2.46. The summed E-state index contributed by atoms with van der Waals surface area (Å²) in [5.41, 5.74) is 0. The molecular formula is C21H32N4O3. The van der Waals surface area contributed by atoms with Crippen molar-refractivity contribution in [1.29, 1.82) is 0 Å². The molecule has 1 fully saturated rings. The highest BCUT2D eigenvalue weighted by molar-refractivity contribution is 5.80. The molecule has 1 aromatic carbocycles. The maximum absolute atomic E-state index is 12.0. The van der Waals surface area contributed by atoms with Gasteiger partial charge in [0, 0.05) is 26.6 Å². The molecule has 2 aliphatic rings. The number of benzene rings is 1. The molecule has 1 saturated carbocycles. The molecule has 1 aliphatic carbocycles. The predicted octanol–water partition coefficient (Wildman–Crippen LogP) is 2.08. The van der Waals surface area contributed by atoms with Crippen LogP contribution >= 0.6 is 0 Å². The predicted molar refractivity (Wildman–Crippen MR) is 110 cm³/mol. The number of hydrogen-bond acceptors (Lipinski definition) is 4. The molecule has 28 heavy (non-hydrogen) atoms. The van der Waals surface area contributed by atoms with E-state index in [1.165, 1.54) is 32.1 Å². The summed E-state index contributed by atoms with van der Waals surface area (Å²) in [5, 5.41) is 9.46. The molecule has 1 unspecified atom stereocenters. The zero-order valence-electron chi connectivity index (χ0n) is 16.7. The fourth-order valence-corrected chi connectivity index (χ4v) is 3.70. The first-order valence-electron chi connectivity index (χ1n) is 10.3. The number of guanidine groups is 1. The van der Waals surface area contributed by atoms with Crippen LogP contribution in [0.3, 0.4) is 0 Å². The number of hydrogen-bond donors (Lipinski definition) is 3. The Morgan fingerprint density at radius 3 is 2.61 bits per heavy atom. The summed E-state index contributed by atoms with van der Waals surface area (Å²) in [7, 11) is 1.73. The Morgan fingerprint density at radius 1 is 1.07 bits per heavy atom. The van der Waals surface area contributed by atoms with E-state index in [1.54, 1.807) is 7.05 Å². The molecule has 1 heterocycles. The summed E-state index contributed by atoms with van der Waals surface area (Å²) >= 11 is 0. The molecule has 0 spiro atoms. The van der Waals surface area contributed by atoms with Gasteiger partial charge in [0.15, 0.2) is 17.5 Å². The molecule has 3 N–H and O–H groups in total. The molecule has 0 radical (unpaired) electrons. The number of fused-ring (bicyclic) bond motifs is 1. The van der Waals surface area contributed by atoms with Crippen molar-refractivity contribution < 1.29 is 14.3 Å². The van der Waals surface area contributed by atoms with Crippen molar-refractivity contribution in [2.75, 3.05) is 33.3 Å². The summed E-state index contributed by atoms with van der Waals surface area (Å²) in [6.07, 6.45) is 6.82. The SMILES string of the molecule is CN=C(NCCNC(=O)CC1CCCCC1)NCC1COc2ccccc2O1. The minimum Gasteiger partial charge on any atom is -0.486 e. The van der Waals surface area contributed by atoms with Crippen LogP contribution in [0.4, 0.5) is 0 Å². The van der Waals surface area contributed by atoms with Crippen molar-refractivity contribution in [3.8, 4) is 11.5 Å². The standard InChI is InChI=1S/C21H32N4O3/c1-22-21(24-12-11-23-20(26)13-16-7-3-2-4-8-16)25-14-17-15-27-18-9-5-6-10-19(18)28-17/h5-6,9-10,16-17H,2-4,7-8,11-15H2,1H3,(H,23,26)(H2,22,24,25). The van der Waals surface area contributed by atoms with Crippen LogP contribution in [0.15, 0.2) is 29.3 Å². The highest BCUT2D eigenvalue weighted by Crippen LogP contribution is 2.30. The minimum absolute atomic E-state index is 0.0800. The number of amides is 1. The Hall–Kier alpha value is -2.44. The van der Waals surface area contributed by atoms with Gasteiger partial charge in [0.05, 0.1) is 6.54 Å². The summed E-state index contributed by atoms with van der Waals surface area (Å²) in [4.78, 5) is 16.3. The Morgan fingerprint density at radius 2 is 1.82 bits per heavy atom. The van der Waals surface area contributed by atoms with E-state index < -0.39 is 0 Å². The highest BCUT2D eigenvalue weighted by Gasteiger charge is 2.20. The number of nitrogens with zero attached hydrogens (tertiary/aromatic N) is 1. The summed E-state index contributed by atoms with van der Waals surface area (Å²) in [6, 6.07) is 7.67. The first kappa shape index (κ1) is 20.3. The average Bonchev–Trinajstić information content (AvgIpc) is 2.74. The van der Waals surface area contributed by atoms with Crippen molar-refractivity contribution in [3.05, 3.63) is 24.3 Å². The molecule has 7 nitrogen and oxygen atoms in total. The monoisotopic (exact) mass is 388 g/mol. The minimum atomic E-state index is -0.0800. The van der Waals surface area contributed by atoms with Crippen LogP contribution in [0.2, 0.25) is 0 Å². The van der Waals surface area contributed by atoms with E-state index in [0.717, 1.165) is 11.5 Å². The van der Waals surface area contributed by atoms with Gasteiger partial charge >= 0.3 is 0 Å². The largest absolute Gasteiger partial charge is 0.486 e. The molecule has 3 rings (SSSR count). The van der Waals surface area contributed by atoms with Gasteiger partial charge in [-0.15, -0.1) is 0 Å².